The molecule has 1 aliphatic rings. The lowest BCUT2D eigenvalue weighted by atomic mass is 10.4. The molecule has 0 spiro atoms. The van der Waals surface area contributed by atoms with Crippen molar-refractivity contribution in [1.29, 1.82) is 0 Å². The number of hydrogen-bond donors (Lipinski definition) is 1. The third kappa shape index (κ3) is 2.71. The van der Waals surface area contributed by atoms with Gasteiger partial charge in [-0.25, -0.2) is 13.4 Å². The average Bonchev–Trinajstić information content (AvgIpc) is 3.03. The van der Waals surface area contributed by atoms with E-state index in [1.165, 1.54) is 12.3 Å². The van der Waals surface area contributed by atoms with E-state index in [-0.39, 0.29) is 14.9 Å². The molecule has 0 radical (unpaired) electrons. The van der Waals surface area contributed by atoms with Gasteiger partial charge in [0.15, 0.2) is 0 Å². The van der Waals surface area contributed by atoms with E-state index in [2.05, 4.69) is 9.97 Å². The van der Waals surface area contributed by atoms with Crippen LogP contribution >= 0.6 is 11.3 Å². The zero-order chi connectivity index (χ0) is 14.9. The number of anilines is 2. The molecule has 2 aromatic heterocycles. The van der Waals surface area contributed by atoms with Crippen molar-refractivity contribution in [2.75, 3.05) is 36.9 Å². The first-order chi connectivity index (χ1) is 10.1. The van der Waals surface area contributed by atoms with E-state index in [4.69, 9.17) is 10.5 Å². The molecule has 1 aliphatic heterocycles. The lowest BCUT2D eigenvalue weighted by Gasteiger charge is -2.26. The molecule has 2 aromatic rings. The van der Waals surface area contributed by atoms with Gasteiger partial charge in [0, 0.05) is 13.1 Å². The maximum Gasteiger partial charge on any atom is 0.227 e. The van der Waals surface area contributed by atoms with Crippen molar-refractivity contribution in [3.05, 3.63) is 23.7 Å². The summed E-state index contributed by atoms with van der Waals surface area (Å²) in [6.07, 6.45) is 1.28. The van der Waals surface area contributed by atoms with Crippen LogP contribution in [0.3, 0.4) is 0 Å². The predicted octanol–water partition coefficient (Wildman–Crippen LogP) is 0.790. The molecule has 0 bridgehead atoms. The summed E-state index contributed by atoms with van der Waals surface area (Å²) in [5.74, 6) is 0.404. The van der Waals surface area contributed by atoms with E-state index in [0.717, 1.165) is 11.3 Å². The van der Waals surface area contributed by atoms with Crippen LogP contribution in [0.1, 0.15) is 0 Å². The van der Waals surface area contributed by atoms with Crippen LogP contribution in [-0.2, 0) is 14.6 Å². The van der Waals surface area contributed by atoms with E-state index in [1.54, 1.807) is 11.4 Å². The molecule has 3 rings (SSSR count). The van der Waals surface area contributed by atoms with Crippen molar-refractivity contribution in [3.63, 3.8) is 0 Å². The number of aromatic nitrogens is 2. The van der Waals surface area contributed by atoms with Crippen LogP contribution in [-0.4, -0.2) is 44.7 Å². The number of thiophene rings is 1. The number of sulfone groups is 1. The zero-order valence-electron chi connectivity index (χ0n) is 11.1. The Morgan fingerprint density at radius 3 is 2.71 bits per heavy atom. The van der Waals surface area contributed by atoms with Gasteiger partial charge in [-0.3, -0.25) is 0 Å². The van der Waals surface area contributed by atoms with Crippen molar-refractivity contribution in [1.82, 2.24) is 9.97 Å². The Morgan fingerprint density at radius 2 is 2.10 bits per heavy atom. The highest BCUT2D eigenvalue weighted by molar-refractivity contribution is 7.93. The number of nitrogens with zero attached hydrogens (tertiary/aromatic N) is 3. The van der Waals surface area contributed by atoms with Gasteiger partial charge in [-0.1, -0.05) is 6.07 Å². The number of nitrogen functional groups attached to an aromatic ring is 1. The lowest BCUT2D eigenvalue weighted by Crippen LogP contribution is -2.37. The van der Waals surface area contributed by atoms with Crippen molar-refractivity contribution in [3.8, 4) is 0 Å². The third-order valence-corrected chi connectivity index (χ3v) is 6.28. The number of rotatable bonds is 3. The van der Waals surface area contributed by atoms with E-state index in [1.807, 2.05) is 4.90 Å². The first-order valence-electron chi connectivity index (χ1n) is 6.33. The van der Waals surface area contributed by atoms with Crippen LogP contribution in [0.15, 0.2) is 32.8 Å². The number of morpholine rings is 1. The summed E-state index contributed by atoms with van der Waals surface area (Å²) >= 11 is 1.14. The van der Waals surface area contributed by atoms with Crippen molar-refractivity contribution in [2.24, 2.45) is 0 Å². The first-order valence-corrected chi connectivity index (χ1v) is 8.69. The van der Waals surface area contributed by atoms with Gasteiger partial charge in [0.05, 0.1) is 19.4 Å². The molecule has 1 fully saturated rings. The molecule has 0 saturated carbocycles. The fraction of sp³-hybridized carbons (Fsp3) is 0.333. The Labute approximate surface area is 126 Å². The molecule has 0 aliphatic carbocycles. The summed E-state index contributed by atoms with van der Waals surface area (Å²) in [4.78, 5) is 10.1. The minimum absolute atomic E-state index is 0.0279. The maximum atomic E-state index is 12.4. The zero-order valence-corrected chi connectivity index (χ0v) is 12.7. The molecule has 2 N–H and O–H groups in total. The minimum Gasteiger partial charge on any atom is -0.382 e. The highest BCUT2D eigenvalue weighted by Crippen LogP contribution is 2.28. The van der Waals surface area contributed by atoms with E-state index >= 15 is 0 Å². The summed E-state index contributed by atoms with van der Waals surface area (Å²) in [5.41, 5.74) is 5.84. The van der Waals surface area contributed by atoms with Crippen LogP contribution in [0.5, 0.6) is 0 Å². The fourth-order valence-electron chi connectivity index (χ4n) is 2.02. The van der Waals surface area contributed by atoms with Gasteiger partial charge < -0.3 is 15.4 Å². The topological polar surface area (TPSA) is 98.4 Å². The molecule has 0 amide bonds. The average molecular weight is 326 g/mol. The Balaban J connectivity index is 1.95. The molecule has 3 heterocycles. The van der Waals surface area contributed by atoms with E-state index < -0.39 is 9.84 Å². The van der Waals surface area contributed by atoms with Gasteiger partial charge in [0.25, 0.3) is 0 Å². The van der Waals surface area contributed by atoms with Crippen molar-refractivity contribution < 1.29 is 13.2 Å². The maximum absolute atomic E-state index is 12.4. The quantitative estimate of drug-likeness (QED) is 0.890. The van der Waals surface area contributed by atoms with Crippen LogP contribution in [0, 0.1) is 0 Å². The van der Waals surface area contributed by atoms with E-state index in [0.29, 0.717) is 32.3 Å². The van der Waals surface area contributed by atoms with Crippen molar-refractivity contribution in [2.45, 2.75) is 9.10 Å². The van der Waals surface area contributed by atoms with Gasteiger partial charge in [-0.05, 0) is 11.4 Å². The predicted molar refractivity (Wildman–Crippen MR) is 79.2 cm³/mol. The summed E-state index contributed by atoms with van der Waals surface area (Å²) in [6, 6.07) is 3.21. The van der Waals surface area contributed by atoms with Gasteiger partial charge in [0.2, 0.25) is 15.8 Å². The molecule has 1 saturated heterocycles. The van der Waals surface area contributed by atoms with Gasteiger partial charge in [-0.15, -0.1) is 11.3 Å². The molecule has 7 nitrogen and oxygen atoms in total. The van der Waals surface area contributed by atoms with Gasteiger partial charge >= 0.3 is 0 Å². The Kier molecular flexibility index (Phi) is 3.79. The minimum atomic E-state index is -3.65. The standard InChI is InChI=1S/C12H14N4O3S2/c13-11-9(21(17,18)10-2-1-7-20-10)8-14-12(15-11)16-3-5-19-6-4-16/h1-2,7-8H,3-6H2,(H2,13,14,15). The smallest absolute Gasteiger partial charge is 0.227 e. The highest BCUT2D eigenvalue weighted by Gasteiger charge is 2.24. The summed E-state index contributed by atoms with van der Waals surface area (Å²) in [6.45, 7) is 2.52. The SMILES string of the molecule is Nc1nc(N2CCOCC2)ncc1S(=O)(=O)c1cccs1. The summed E-state index contributed by atoms with van der Waals surface area (Å²) in [5, 5.41) is 1.70. The monoisotopic (exact) mass is 326 g/mol. The van der Waals surface area contributed by atoms with Crippen molar-refractivity contribution >= 4 is 32.9 Å². The molecule has 0 aromatic carbocycles. The normalized spacial score (nSPS) is 16.1. The Morgan fingerprint density at radius 1 is 1.33 bits per heavy atom. The van der Waals surface area contributed by atoms with Gasteiger partial charge in [-0.2, -0.15) is 4.98 Å². The second kappa shape index (κ2) is 5.58. The second-order valence-electron chi connectivity index (χ2n) is 4.45. The van der Waals surface area contributed by atoms with E-state index in [9.17, 15) is 8.42 Å². The fourth-order valence-corrected chi connectivity index (χ4v) is 4.40. The number of nitrogens with two attached hydrogens (primary N) is 1. The molecule has 0 unspecified atom stereocenters. The van der Waals surface area contributed by atoms with Crippen LogP contribution < -0.4 is 10.6 Å². The lowest BCUT2D eigenvalue weighted by molar-refractivity contribution is 0.122. The molecular formula is C12H14N4O3S2. The first kappa shape index (κ1) is 14.2. The second-order valence-corrected chi connectivity index (χ2v) is 7.55. The Hall–Kier alpha value is -1.71. The number of hydrogen-bond acceptors (Lipinski definition) is 8. The molecule has 112 valence electrons. The molecular weight excluding hydrogens is 312 g/mol. The number of ether oxygens (including phenoxy) is 1. The van der Waals surface area contributed by atoms with Crippen LogP contribution in [0.4, 0.5) is 11.8 Å². The summed E-state index contributed by atoms with van der Waals surface area (Å²) < 4.78 is 30.3. The van der Waals surface area contributed by atoms with Crippen LogP contribution in [0.25, 0.3) is 0 Å². The van der Waals surface area contributed by atoms with Crippen LogP contribution in [0.2, 0.25) is 0 Å². The molecule has 9 heteroatoms. The summed E-state index contributed by atoms with van der Waals surface area (Å²) in [7, 11) is -3.65. The molecule has 21 heavy (non-hydrogen) atoms. The largest absolute Gasteiger partial charge is 0.382 e. The Bertz CT molecular complexity index is 725. The highest BCUT2D eigenvalue weighted by atomic mass is 32.2. The third-order valence-electron chi connectivity index (χ3n) is 3.11. The molecule has 0 atom stereocenters. The van der Waals surface area contributed by atoms with Gasteiger partial charge in [0.1, 0.15) is 14.9 Å².